The van der Waals surface area contributed by atoms with E-state index >= 15 is 0 Å². The predicted octanol–water partition coefficient (Wildman–Crippen LogP) is 0.577. The normalized spacial score (nSPS) is 21.2. The third kappa shape index (κ3) is 2.75. The van der Waals surface area contributed by atoms with Crippen LogP contribution in [0, 0.1) is 10.1 Å². The van der Waals surface area contributed by atoms with Gasteiger partial charge in [-0.15, -0.1) is 0 Å². The molecule has 1 aromatic carbocycles. The number of nitro groups is 1. The second-order valence-corrected chi connectivity index (χ2v) is 6.35. The molecule has 0 bridgehead atoms. The Morgan fingerprint density at radius 3 is 2.74 bits per heavy atom. The molecule has 0 aliphatic carbocycles. The Morgan fingerprint density at radius 1 is 1.42 bits per heavy atom. The molecule has 1 fully saturated rings. The van der Waals surface area contributed by atoms with Crippen molar-refractivity contribution in [3.05, 3.63) is 34.4 Å². The zero-order valence-corrected chi connectivity index (χ0v) is 11.3. The Kier molecular flexibility index (Phi) is 3.83. The van der Waals surface area contributed by atoms with Gasteiger partial charge in [-0.3, -0.25) is 10.1 Å². The van der Waals surface area contributed by atoms with E-state index in [1.54, 1.807) is 0 Å². The van der Waals surface area contributed by atoms with Gasteiger partial charge in [-0.2, -0.15) is 4.31 Å². The smallest absolute Gasteiger partial charge is 0.289 e. The fourth-order valence-corrected chi connectivity index (χ4v) is 3.77. The monoisotopic (exact) mass is 285 g/mol. The molecule has 0 saturated carbocycles. The van der Waals surface area contributed by atoms with E-state index in [1.807, 2.05) is 6.92 Å². The van der Waals surface area contributed by atoms with Crippen LogP contribution in [-0.2, 0) is 10.0 Å². The summed E-state index contributed by atoms with van der Waals surface area (Å²) in [5, 5.41) is 14.1. The molecule has 1 N–H and O–H groups in total. The summed E-state index contributed by atoms with van der Waals surface area (Å²) in [6.45, 7) is 3.05. The average Bonchev–Trinajstić information content (AvgIpc) is 2.38. The van der Waals surface area contributed by atoms with Gasteiger partial charge in [0.1, 0.15) is 0 Å². The molecule has 0 aromatic heterocycles. The molecule has 1 aromatic rings. The van der Waals surface area contributed by atoms with Gasteiger partial charge in [0.2, 0.25) is 10.0 Å². The van der Waals surface area contributed by atoms with E-state index in [4.69, 9.17) is 0 Å². The van der Waals surface area contributed by atoms with Crippen LogP contribution in [0.4, 0.5) is 5.69 Å². The summed E-state index contributed by atoms with van der Waals surface area (Å²) in [6, 6.07) is 5.47. The summed E-state index contributed by atoms with van der Waals surface area (Å²) in [5.41, 5.74) is -0.381. The number of rotatable bonds is 3. The molecular formula is C11H15N3O4S. The first-order valence-corrected chi connectivity index (χ1v) is 7.34. The SMILES string of the molecule is C[C@@H]1CN(S(=O)(=O)c2ccccc2[N+](=O)[O-])CCN1. The predicted molar refractivity (Wildman–Crippen MR) is 69.3 cm³/mol. The van der Waals surface area contributed by atoms with Crippen molar-refractivity contribution in [2.75, 3.05) is 19.6 Å². The zero-order chi connectivity index (χ0) is 14.0. The van der Waals surface area contributed by atoms with Gasteiger partial charge in [0, 0.05) is 31.7 Å². The molecule has 1 aliphatic heterocycles. The summed E-state index contributed by atoms with van der Waals surface area (Å²) in [7, 11) is -3.82. The van der Waals surface area contributed by atoms with E-state index in [2.05, 4.69) is 5.32 Å². The first-order chi connectivity index (χ1) is 8.93. The van der Waals surface area contributed by atoms with Crippen molar-refractivity contribution >= 4 is 15.7 Å². The van der Waals surface area contributed by atoms with Crippen molar-refractivity contribution in [3.63, 3.8) is 0 Å². The molecule has 7 nitrogen and oxygen atoms in total. The van der Waals surface area contributed by atoms with Crippen molar-refractivity contribution in [2.24, 2.45) is 0 Å². The number of nitrogens with zero attached hydrogens (tertiary/aromatic N) is 2. The number of nitro benzene ring substituents is 1. The highest BCUT2D eigenvalue weighted by molar-refractivity contribution is 7.89. The molecule has 0 unspecified atom stereocenters. The standard InChI is InChI=1S/C11H15N3O4S/c1-9-8-13(7-6-12-9)19(17,18)11-5-3-2-4-10(11)14(15)16/h2-5,9,12H,6-8H2,1H3/t9-/m1/s1. The van der Waals surface area contributed by atoms with Crippen molar-refractivity contribution in [2.45, 2.75) is 17.9 Å². The minimum Gasteiger partial charge on any atom is -0.312 e. The minimum absolute atomic E-state index is 0.0336. The van der Waals surface area contributed by atoms with Gasteiger partial charge < -0.3 is 5.32 Å². The van der Waals surface area contributed by atoms with Crippen LogP contribution in [0.25, 0.3) is 0 Å². The Hall–Kier alpha value is -1.51. The summed E-state index contributed by atoms with van der Waals surface area (Å²) in [4.78, 5) is 10.0. The van der Waals surface area contributed by atoms with Crippen molar-refractivity contribution in [1.29, 1.82) is 0 Å². The van der Waals surface area contributed by atoms with Gasteiger partial charge in [-0.05, 0) is 13.0 Å². The number of hydrogen-bond acceptors (Lipinski definition) is 5. The highest BCUT2D eigenvalue weighted by Gasteiger charge is 2.33. The van der Waals surface area contributed by atoms with Crippen LogP contribution in [0.3, 0.4) is 0 Å². The Morgan fingerprint density at radius 2 is 2.11 bits per heavy atom. The van der Waals surface area contributed by atoms with Crippen LogP contribution in [0.1, 0.15) is 6.92 Å². The quantitative estimate of drug-likeness (QED) is 0.647. The lowest BCUT2D eigenvalue weighted by Gasteiger charge is -2.30. The highest BCUT2D eigenvalue weighted by atomic mass is 32.2. The molecule has 1 saturated heterocycles. The lowest BCUT2D eigenvalue weighted by atomic mass is 10.3. The van der Waals surface area contributed by atoms with Crippen LogP contribution in [-0.4, -0.2) is 43.3 Å². The molecule has 1 aliphatic rings. The van der Waals surface area contributed by atoms with Crippen molar-refractivity contribution in [1.82, 2.24) is 9.62 Å². The number of nitrogens with one attached hydrogen (secondary N) is 1. The number of para-hydroxylation sites is 1. The molecule has 19 heavy (non-hydrogen) atoms. The van der Waals surface area contributed by atoms with Crippen LogP contribution >= 0.6 is 0 Å². The average molecular weight is 285 g/mol. The molecule has 2 rings (SSSR count). The third-order valence-corrected chi connectivity index (χ3v) is 4.92. The Labute approximate surface area is 111 Å². The van der Waals surface area contributed by atoms with Gasteiger partial charge in [-0.1, -0.05) is 12.1 Å². The number of piperazine rings is 1. The summed E-state index contributed by atoms with van der Waals surface area (Å²) < 4.78 is 26.2. The van der Waals surface area contributed by atoms with Crippen molar-refractivity contribution in [3.8, 4) is 0 Å². The van der Waals surface area contributed by atoms with Crippen LogP contribution in [0.5, 0.6) is 0 Å². The van der Waals surface area contributed by atoms with Gasteiger partial charge in [0.15, 0.2) is 4.90 Å². The molecule has 0 spiro atoms. The highest BCUT2D eigenvalue weighted by Crippen LogP contribution is 2.26. The van der Waals surface area contributed by atoms with Gasteiger partial charge in [0.05, 0.1) is 4.92 Å². The molecule has 104 valence electrons. The molecular weight excluding hydrogens is 270 g/mol. The zero-order valence-electron chi connectivity index (χ0n) is 10.4. The number of benzene rings is 1. The van der Waals surface area contributed by atoms with Gasteiger partial charge >= 0.3 is 0 Å². The molecule has 1 atom stereocenters. The van der Waals surface area contributed by atoms with E-state index < -0.39 is 14.9 Å². The Balaban J connectivity index is 2.42. The minimum atomic E-state index is -3.82. The molecule has 0 amide bonds. The van der Waals surface area contributed by atoms with Crippen molar-refractivity contribution < 1.29 is 13.3 Å². The Bertz CT molecular complexity index is 587. The van der Waals surface area contributed by atoms with Crippen LogP contribution in [0.2, 0.25) is 0 Å². The lowest BCUT2D eigenvalue weighted by molar-refractivity contribution is -0.387. The van der Waals surface area contributed by atoms with E-state index in [9.17, 15) is 18.5 Å². The fraction of sp³-hybridized carbons (Fsp3) is 0.455. The van der Waals surface area contributed by atoms with Crippen LogP contribution in [0.15, 0.2) is 29.2 Å². The van der Waals surface area contributed by atoms with Gasteiger partial charge in [0.25, 0.3) is 5.69 Å². The first kappa shape index (κ1) is 13.9. The number of hydrogen-bond donors (Lipinski definition) is 1. The largest absolute Gasteiger partial charge is 0.312 e. The maximum absolute atomic E-state index is 12.5. The lowest BCUT2D eigenvalue weighted by Crippen LogP contribution is -2.51. The van der Waals surface area contributed by atoms with E-state index in [0.29, 0.717) is 19.6 Å². The molecule has 0 radical (unpaired) electrons. The number of sulfonamides is 1. The maximum Gasteiger partial charge on any atom is 0.289 e. The van der Waals surface area contributed by atoms with Crippen LogP contribution < -0.4 is 5.32 Å². The van der Waals surface area contributed by atoms with Gasteiger partial charge in [-0.25, -0.2) is 8.42 Å². The third-order valence-electron chi connectivity index (χ3n) is 3.01. The second kappa shape index (κ2) is 5.24. The molecule has 8 heteroatoms. The summed E-state index contributed by atoms with van der Waals surface area (Å²) in [5.74, 6) is 0. The summed E-state index contributed by atoms with van der Waals surface area (Å²) in [6.07, 6.45) is 0. The molecule has 1 heterocycles. The first-order valence-electron chi connectivity index (χ1n) is 5.90. The topological polar surface area (TPSA) is 92.5 Å². The second-order valence-electron chi connectivity index (χ2n) is 4.44. The fourth-order valence-electron chi connectivity index (χ4n) is 2.08. The van der Waals surface area contributed by atoms with E-state index in [0.717, 1.165) is 0 Å². The maximum atomic E-state index is 12.5. The summed E-state index contributed by atoms with van der Waals surface area (Å²) >= 11 is 0. The van der Waals surface area contributed by atoms with E-state index in [1.165, 1.54) is 28.6 Å². The van der Waals surface area contributed by atoms with E-state index in [-0.39, 0.29) is 16.6 Å².